The summed E-state index contributed by atoms with van der Waals surface area (Å²) in [6, 6.07) is 9.77. The lowest BCUT2D eigenvalue weighted by molar-refractivity contribution is -0.146. The number of fused-ring (bicyclic) bond motifs is 1. The summed E-state index contributed by atoms with van der Waals surface area (Å²) in [5, 5.41) is 11.0. The van der Waals surface area contributed by atoms with Crippen LogP contribution in [0.4, 0.5) is 19.0 Å². The van der Waals surface area contributed by atoms with E-state index in [1.807, 2.05) is 0 Å². The van der Waals surface area contributed by atoms with Gasteiger partial charge < -0.3 is 4.90 Å². The molecule has 2 aromatic heterocycles. The fourth-order valence-electron chi connectivity index (χ4n) is 2.99. The second kappa shape index (κ2) is 5.96. The molecule has 26 heavy (non-hydrogen) atoms. The van der Waals surface area contributed by atoms with E-state index in [4.69, 9.17) is 0 Å². The van der Waals surface area contributed by atoms with Gasteiger partial charge in [0.25, 0.3) is 5.82 Å². The number of rotatable bonds is 4. The summed E-state index contributed by atoms with van der Waals surface area (Å²) in [5.41, 5.74) is 3.61. The zero-order valence-corrected chi connectivity index (χ0v) is 14.5. The van der Waals surface area contributed by atoms with Gasteiger partial charge >= 0.3 is 6.18 Å². The van der Waals surface area contributed by atoms with Crippen molar-refractivity contribution in [2.75, 3.05) is 4.90 Å². The highest BCUT2D eigenvalue weighted by Crippen LogP contribution is 2.33. The van der Waals surface area contributed by atoms with Crippen LogP contribution < -0.4 is 4.90 Å². The Labute approximate surface area is 148 Å². The van der Waals surface area contributed by atoms with E-state index in [1.54, 1.807) is 6.07 Å². The number of hydrogen-bond acceptors (Lipinski definition) is 4. The molecule has 0 unspecified atom stereocenters. The van der Waals surface area contributed by atoms with Crippen molar-refractivity contribution in [1.82, 2.24) is 19.8 Å². The third kappa shape index (κ3) is 3.11. The first-order valence-corrected chi connectivity index (χ1v) is 8.45. The van der Waals surface area contributed by atoms with Crippen LogP contribution in [0.5, 0.6) is 0 Å². The highest BCUT2D eigenvalue weighted by atomic mass is 19.4. The Balaban J connectivity index is 1.71. The fraction of sp³-hybridized carbons (Fsp3) is 0.389. The molecular formula is C18H18F3N5. The van der Waals surface area contributed by atoms with Crippen LogP contribution in [0.25, 0.3) is 5.65 Å². The van der Waals surface area contributed by atoms with Gasteiger partial charge in [0.05, 0.1) is 0 Å². The Kier molecular flexibility index (Phi) is 3.86. The van der Waals surface area contributed by atoms with Crippen LogP contribution in [0.2, 0.25) is 0 Å². The summed E-state index contributed by atoms with van der Waals surface area (Å²) in [5.74, 6) is -0.597. The molecule has 3 aromatic rings. The molecule has 0 atom stereocenters. The van der Waals surface area contributed by atoms with Crippen LogP contribution in [0.1, 0.15) is 35.4 Å². The topological polar surface area (TPSA) is 46.3 Å². The van der Waals surface area contributed by atoms with Crippen molar-refractivity contribution in [1.29, 1.82) is 0 Å². The van der Waals surface area contributed by atoms with Crippen molar-refractivity contribution in [3.05, 3.63) is 52.8 Å². The first kappa shape index (κ1) is 16.8. The minimum absolute atomic E-state index is 0.0861. The van der Waals surface area contributed by atoms with Crippen molar-refractivity contribution < 1.29 is 13.2 Å². The summed E-state index contributed by atoms with van der Waals surface area (Å²) in [7, 11) is 0. The standard InChI is InChI=1S/C18H18F3N5/c1-11-3-4-13(9-12(11)2)10-25(14-5-6-14)16-8-7-15-22-23-17(18(19,20)21)26(15)24-16/h3-4,7-9,14H,5-6,10H2,1-2H3. The maximum Gasteiger partial charge on any atom is 0.453 e. The summed E-state index contributed by atoms with van der Waals surface area (Å²) in [6.07, 6.45) is -2.57. The Morgan fingerprint density at radius 2 is 1.85 bits per heavy atom. The van der Waals surface area contributed by atoms with Gasteiger partial charge in [-0.1, -0.05) is 18.2 Å². The molecule has 1 aromatic carbocycles. The molecule has 0 N–H and O–H groups in total. The Morgan fingerprint density at radius 3 is 2.50 bits per heavy atom. The van der Waals surface area contributed by atoms with E-state index < -0.39 is 12.0 Å². The fourth-order valence-corrected chi connectivity index (χ4v) is 2.99. The van der Waals surface area contributed by atoms with Gasteiger partial charge in [-0.15, -0.1) is 15.3 Å². The predicted octanol–water partition coefficient (Wildman–Crippen LogP) is 3.93. The first-order chi connectivity index (χ1) is 12.3. The first-order valence-electron chi connectivity index (χ1n) is 8.45. The van der Waals surface area contributed by atoms with Gasteiger partial charge in [-0.2, -0.15) is 17.7 Å². The van der Waals surface area contributed by atoms with Crippen LogP contribution in [-0.2, 0) is 12.7 Å². The maximum atomic E-state index is 13.1. The van der Waals surface area contributed by atoms with E-state index >= 15 is 0 Å². The van der Waals surface area contributed by atoms with Crippen LogP contribution in [0.15, 0.2) is 30.3 Å². The third-order valence-electron chi connectivity index (χ3n) is 4.71. The molecular weight excluding hydrogens is 343 g/mol. The number of anilines is 1. The minimum Gasteiger partial charge on any atom is -0.348 e. The summed E-state index contributed by atoms with van der Waals surface area (Å²) < 4.78 is 40.1. The van der Waals surface area contributed by atoms with E-state index in [0.717, 1.165) is 22.9 Å². The average molecular weight is 361 g/mol. The second-order valence-corrected chi connectivity index (χ2v) is 6.76. The molecule has 0 radical (unpaired) electrons. The number of hydrogen-bond donors (Lipinski definition) is 0. The lowest BCUT2D eigenvalue weighted by atomic mass is 10.1. The number of alkyl halides is 3. The molecule has 0 aliphatic heterocycles. The van der Waals surface area contributed by atoms with Crippen molar-refractivity contribution in [2.24, 2.45) is 0 Å². The van der Waals surface area contributed by atoms with Crippen LogP contribution >= 0.6 is 0 Å². The molecule has 136 valence electrons. The van der Waals surface area contributed by atoms with Gasteiger partial charge in [0.1, 0.15) is 5.82 Å². The van der Waals surface area contributed by atoms with E-state index in [-0.39, 0.29) is 5.65 Å². The van der Waals surface area contributed by atoms with Gasteiger partial charge in [-0.05, 0) is 55.5 Å². The normalized spacial score (nSPS) is 14.8. The molecule has 1 fully saturated rings. The zero-order valence-electron chi connectivity index (χ0n) is 14.5. The van der Waals surface area contributed by atoms with Crippen LogP contribution in [0.3, 0.4) is 0 Å². The van der Waals surface area contributed by atoms with Crippen molar-refractivity contribution >= 4 is 11.5 Å². The Hall–Kier alpha value is -2.64. The number of benzene rings is 1. The molecule has 1 aliphatic carbocycles. The summed E-state index contributed by atoms with van der Waals surface area (Å²) >= 11 is 0. The molecule has 4 rings (SSSR count). The van der Waals surface area contributed by atoms with Gasteiger partial charge in [-0.25, -0.2) is 0 Å². The number of aryl methyl sites for hydroxylation is 2. The van der Waals surface area contributed by atoms with E-state index in [1.165, 1.54) is 17.2 Å². The number of nitrogens with zero attached hydrogens (tertiary/aromatic N) is 5. The van der Waals surface area contributed by atoms with Crippen molar-refractivity contribution in [3.8, 4) is 0 Å². The van der Waals surface area contributed by atoms with Gasteiger partial charge in [0.15, 0.2) is 5.65 Å². The van der Waals surface area contributed by atoms with Gasteiger partial charge in [0.2, 0.25) is 0 Å². The zero-order chi connectivity index (χ0) is 18.5. The average Bonchev–Trinajstić information content (AvgIpc) is 3.32. The van der Waals surface area contributed by atoms with Gasteiger partial charge in [0, 0.05) is 12.6 Å². The maximum absolute atomic E-state index is 13.1. The minimum atomic E-state index is -4.59. The third-order valence-corrected chi connectivity index (χ3v) is 4.71. The van der Waals surface area contributed by atoms with Crippen molar-refractivity contribution in [2.45, 2.75) is 45.5 Å². The largest absolute Gasteiger partial charge is 0.453 e. The molecule has 5 nitrogen and oxygen atoms in total. The molecule has 0 amide bonds. The molecule has 1 saturated carbocycles. The monoisotopic (exact) mass is 361 g/mol. The molecule has 0 spiro atoms. The molecule has 2 heterocycles. The SMILES string of the molecule is Cc1ccc(CN(c2ccc3nnc(C(F)(F)F)n3n2)C2CC2)cc1C. The van der Waals surface area contributed by atoms with Crippen LogP contribution in [0, 0.1) is 13.8 Å². The smallest absolute Gasteiger partial charge is 0.348 e. The van der Waals surface area contributed by atoms with E-state index in [2.05, 4.69) is 52.2 Å². The molecule has 0 bridgehead atoms. The molecule has 1 aliphatic rings. The summed E-state index contributed by atoms with van der Waals surface area (Å²) in [4.78, 5) is 2.06. The lowest BCUT2D eigenvalue weighted by Crippen LogP contribution is -2.27. The Morgan fingerprint density at radius 1 is 1.08 bits per heavy atom. The van der Waals surface area contributed by atoms with Crippen molar-refractivity contribution in [3.63, 3.8) is 0 Å². The highest BCUT2D eigenvalue weighted by molar-refractivity contribution is 5.48. The van der Waals surface area contributed by atoms with Gasteiger partial charge in [-0.3, -0.25) is 0 Å². The highest BCUT2D eigenvalue weighted by Gasteiger charge is 2.38. The van der Waals surface area contributed by atoms with Crippen LogP contribution in [-0.4, -0.2) is 25.9 Å². The van der Waals surface area contributed by atoms with E-state index in [0.29, 0.717) is 18.4 Å². The number of aromatic nitrogens is 4. The molecule has 8 heteroatoms. The lowest BCUT2D eigenvalue weighted by Gasteiger charge is -2.24. The Bertz CT molecular complexity index is 959. The second-order valence-electron chi connectivity index (χ2n) is 6.76. The van der Waals surface area contributed by atoms with E-state index in [9.17, 15) is 13.2 Å². The number of halogens is 3. The quantitative estimate of drug-likeness (QED) is 0.706. The predicted molar refractivity (Wildman–Crippen MR) is 90.9 cm³/mol. The molecule has 0 saturated heterocycles. The summed E-state index contributed by atoms with van der Waals surface area (Å²) in [6.45, 7) is 4.71.